The number of hydrazine groups is 1. The molecule has 0 saturated carbocycles. The zero-order valence-electron chi connectivity index (χ0n) is 11.0. The van der Waals surface area contributed by atoms with Crippen molar-refractivity contribution in [2.75, 3.05) is 13.2 Å². The van der Waals surface area contributed by atoms with Crippen LogP contribution >= 0.6 is 27.5 Å². The number of carbonyl (C=O) groups excluding carboxylic acids is 2. The fourth-order valence-corrected chi connectivity index (χ4v) is 2.57. The number of ether oxygens (including phenoxy) is 2. The minimum absolute atomic E-state index is 0.230. The second-order valence-electron chi connectivity index (χ2n) is 4.40. The molecule has 1 aromatic rings. The minimum atomic E-state index is -0.489. The van der Waals surface area contributed by atoms with Crippen molar-refractivity contribution in [2.24, 2.45) is 0 Å². The first kappa shape index (κ1) is 16.1. The second-order valence-corrected chi connectivity index (χ2v) is 5.69. The number of halogens is 2. The van der Waals surface area contributed by atoms with E-state index < -0.39 is 12.0 Å². The van der Waals surface area contributed by atoms with Gasteiger partial charge in [-0.15, -0.1) is 0 Å². The number of hydrogen-bond donors (Lipinski definition) is 2. The molecule has 0 aromatic heterocycles. The van der Waals surface area contributed by atoms with E-state index in [4.69, 9.17) is 21.1 Å². The highest BCUT2D eigenvalue weighted by Crippen LogP contribution is 2.27. The molecule has 1 saturated heterocycles. The molecule has 0 spiro atoms. The fourth-order valence-electron chi connectivity index (χ4n) is 1.77. The maximum Gasteiger partial charge on any atom is 0.276 e. The largest absolute Gasteiger partial charge is 0.483 e. The van der Waals surface area contributed by atoms with E-state index in [0.29, 0.717) is 28.3 Å². The van der Waals surface area contributed by atoms with Gasteiger partial charge in [0, 0.05) is 11.6 Å². The van der Waals surface area contributed by atoms with Gasteiger partial charge in [0.1, 0.15) is 11.9 Å². The molecule has 1 aliphatic heterocycles. The Labute approximate surface area is 135 Å². The molecule has 21 heavy (non-hydrogen) atoms. The van der Waals surface area contributed by atoms with E-state index in [-0.39, 0.29) is 12.5 Å². The van der Waals surface area contributed by atoms with Gasteiger partial charge in [-0.2, -0.15) is 0 Å². The molecule has 1 fully saturated rings. The van der Waals surface area contributed by atoms with Gasteiger partial charge in [0.15, 0.2) is 6.61 Å². The lowest BCUT2D eigenvalue weighted by molar-refractivity contribution is -0.135. The van der Waals surface area contributed by atoms with Crippen LogP contribution in [0.4, 0.5) is 0 Å². The van der Waals surface area contributed by atoms with Gasteiger partial charge in [-0.1, -0.05) is 11.6 Å². The molecule has 2 amide bonds. The Morgan fingerprint density at radius 1 is 1.43 bits per heavy atom. The highest BCUT2D eigenvalue weighted by atomic mass is 79.9. The standard InChI is InChI=1S/C13H14BrClN2O4/c14-9-6-8(15)3-4-10(9)21-7-12(18)16-17-13(19)11-2-1-5-20-11/h3-4,6,11H,1-2,5,7H2,(H,16,18)(H,17,19). The molecule has 114 valence electrons. The first-order chi connectivity index (χ1) is 10.1. The molecule has 8 heteroatoms. The molecular formula is C13H14BrClN2O4. The summed E-state index contributed by atoms with van der Waals surface area (Å²) in [6.07, 6.45) is 1.02. The lowest BCUT2D eigenvalue weighted by atomic mass is 10.2. The Morgan fingerprint density at radius 3 is 2.90 bits per heavy atom. The smallest absolute Gasteiger partial charge is 0.276 e. The maximum atomic E-state index is 11.6. The first-order valence-electron chi connectivity index (χ1n) is 6.34. The zero-order valence-corrected chi connectivity index (χ0v) is 13.4. The van der Waals surface area contributed by atoms with Gasteiger partial charge in [-0.25, -0.2) is 0 Å². The molecule has 1 unspecified atom stereocenters. The molecule has 1 aliphatic rings. The SMILES string of the molecule is O=C(COc1ccc(Cl)cc1Br)NNC(=O)C1CCCO1. The van der Waals surface area contributed by atoms with Crippen LogP contribution < -0.4 is 15.6 Å². The number of rotatable bonds is 4. The van der Waals surface area contributed by atoms with Crippen molar-refractivity contribution >= 4 is 39.3 Å². The lowest BCUT2D eigenvalue weighted by Gasteiger charge is -2.12. The molecule has 2 N–H and O–H groups in total. The van der Waals surface area contributed by atoms with E-state index in [9.17, 15) is 9.59 Å². The van der Waals surface area contributed by atoms with Crippen LogP contribution in [0.1, 0.15) is 12.8 Å². The summed E-state index contributed by atoms with van der Waals surface area (Å²) in [5.74, 6) is -0.336. The van der Waals surface area contributed by atoms with Crippen molar-refractivity contribution in [2.45, 2.75) is 18.9 Å². The van der Waals surface area contributed by atoms with Crippen molar-refractivity contribution in [3.05, 3.63) is 27.7 Å². The molecule has 1 atom stereocenters. The highest BCUT2D eigenvalue weighted by molar-refractivity contribution is 9.10. The molecule has 2 rings (SSSR count). The third kappa shape index (κ3) is 4.87. The van der Waals surface area contributed by atoms with Crippen molar-refractivity contribution in [3.63, 3.8) is 0 Å². The maximum absolute atomic E-state index is 11.6. The predicted molar refractivity (Wildman–Crippen MR) is 79.9 cm³/mol. The van der Waals surface area contributed by atoms with Crippen molar-refractivity contribution in [1.29, 1.82) is 0 Å². The van der Waals surface area contributed by atoms with Crippen LogP contribution in [0.2, 0.25) is 5.02 Å². The summed E-state index contributed by atoms with van der Waals surface area (Å²) < 4.78 is 11.1. The molecule has 1 heterocycles. The monoisotopic (exact) mass is 376 g/mol. The van der Waals surface area contributed by atoms with Gasteiger partial charge < -0.3 is 9.47 Å². The summed E-state index contributed by atoms with van der Waals surface area (Å²) in [5.41, 5.74) is 4.58. The van der Waals surface area contributed by atoms with Crippen LogP contribution in [0.3, 0.4) is 0 Å². The van der Waals surface area contributed by atoms with Crippen molar-refractivity contribution in [3.8, 4) is 5.75 Å². The number of nitrogens with one attached hydrogen (secondary N) is 2. The molecule has 0 bridgehead atoms. The Balaban J connectivity index is 1.73. The summed E-state index contributed by atoms with van der Waals surface area (Å²) in [4.78, 5) is 23.2. The van der Waals surface area contributed by atoms with Crippen LogP contribution in [0, 0.1) is 0 Å². The van der Waals surface area contributed by atoms with Gasteiger partial charge in [-0.3, -0.25) is 20.4 Å². The fraction of sp³-hybridized carbons (Fsp3) is 0.385. The summed E-state index contributed by atoms with van der Waals surface area (Å²) >= 11 is 9.08. The van der Waals surface area contributed by atoms with Crippen molar-refractivity contribution < 1.29 is 19.1 Å². The highest BCUT2D eigenvalue weighted by Gasteiger charge is 2.23. The normalized spacial score (nSPS) is 17.3. The number of amides is 2. The lowest BCUT2D eigenvalue weighted by Crippen LogP contribution is -2.47. The topological polar surface area (TPSA) is 76.7 Å². The number of carbonyl (C=O) groups is 2. The Morgan fingerprint density at radius 2 is 2.24 bits per heavy atom. The van der Waals surface area contributed by atoms with E-state index in [1.54, 1.807) is 18.2 Å². The van der Waals surface area contributed by atoms with E-state index >= 15 is 0 Å². The van der Waals surface area contributed by atoms with Gasteiger partial charge >= 0.3 is 0 Å². The van der Waals surface area contributed by atoms with E-state index in [2.05, 4.69) is 26.8 Å². The van der Waals surface area contributed by atoms with Gasteiger partial charge in [-0.05, 0) is 47.0 Å². The van der Waals surface area contributed by atoms with E-state index in [0.717, 1.165) is 6.42 Å². The summed E-state index contributed by atoms with van der Waals surface area (Å²) in [5, 5.41) is 0.558. The Bertz CT molecular complexity index is 535. The molecule has 1 aromatic carbocycles. The van der Waals surface area contributed by atoms with Crippen LogP contribution in [0.25, 0.3) is 0 Å². The van der Waals surface area contributed by atoms with Gasteiger partial charge in [0.2, 0.25) is 0 Å². The zero-order chi connectivity index (χ0) is 15.2. The first-order valence-corrected chi connectivity index (χ1v) is 7.51. The van der Waals surface area contributed by atoms with Crippen LogP contribution in [0.15, 0.2) is 22.7 Å². The third-order valence-electron chi connectivity index (χ3n) is 2.80. The second kappa shape index (κ2) is 7.63. The summed E-state index contributed by atoms with van der Waals surface area (Å²) in [6, 6.07) is 4.96. The minimum Gasteiger partial charge on any atom is -0.483 e. The third-order valence-corrected chi connectivity index (χ3v) is 3.65. The molecule has 0 radical (unpaired) electrons. The predicted octanol–water partition coefficient (Wildman–Crippen LogP) is 1.81. The van der Waals surface area contributed by atoms with Gasteiger partial charge in [0.05, 0.1) is 4.47 Å². The van der Waals surface area contributed by atoms with Crippen LogP contribution in [-0.2, 0) is 14.3 Å². The van der Waals surface area contributed by atoms with Crippen molar-refractivity contribution in [1.82, 2.24) is 10.9 Å². The van der Waals surface area contributed by atoms with Crippen LogP contribution in [-0.4, -0.2) is 31.1 Å². The number of benzene rings is 1. The van der Waals surface area contributed by atoms with E-state index in [1.807, 2.05) is 0 Å². The Hall–Kier alpha value is -1.31. The average Bonchev–Trinajstić information content (AvgIpc) is 2.98. The molecular weight excluding hydrogens is 364 g/mol. The van der Waals surface area contributed by atoms with Crippen LogP contribution in [0.5, 0.6) is 5.75 Å². The van der Waals surface area contributed by atoms with Gasteiger partial charge in [0.25, 0.3) is 11.8 Å². The molecule has 6 nitrogen and oxygen atoms in total. The average molecular weight is 378 g/mol. The quantitative estimate of drug-likeness (QED) is 0.785. The Kier molecular flexibility index (Phi) is 5.84. The number of hydrogen-bond acceptors (Lipinski definition) is 4. The summed E-state index contributed by atoms with van der Waals surface area (Å²) in [6.45, 7) is 0.339. The molecule has 0 aliphatic carbocycles. The van der Waals surface area contributed by atoms with E-state index in [1.165, 1.54) is 0 Å². The summed E-state index contributed by atoms with van der Waals surface area (Å²) in [7, 11) is 0.